The molecule has 0 atom stereocenters. The van der Waals surface area contributed by atoms with E-state index >= 15 is 0 Å². The molecular weight excluding hydrogens is 457 g/mol. The summed E-state index contributed by atoms with van der Waals surface area (Å²) in [5, 5.41) is 4.77. The zero-order valence-corrected chi connectivity index (χ0v) is 20.1. The van der Waals surface area contributed by atoms with Gasteiger partial charge in [-0.3, -0.25) is 18.7 Å². The second-order valence-electron chi connectivity index (χ2n) is 8.90. The first-order valence-electron chi connectivity index (χ1n) is 11.7. The molecule has 1 aliphatic carbocycles. The van der Waals surface area contributed by atoms with Gasteiger partial charge in [-0.1, -0.05) is 12.1 Å². The van der Waals surface area contributed by atoms with E-state index in [0.29, 0.717) is 35.5 Å². The fourth-order valence-corrected chi connectivity index (χ4v) is 5.55. The minimum atomic E-state index is -0.377. The number of hydrogen-bond donors (Lipinski definition) is 1. The molecule has 1 aromatic carbocycles. The van der Waals surface area contributed by atoms with E-state index in [1.165, 1.54) is 28.0 Å². The summed E-state index contributed by atoms with van der Waals surface area (Å²) in [5.41, 5.74) is 0.591. The predicted octanol–water partition coefficient (Wildman–Crippen LogP) is 3.37. The average Bonchev–Trinajstić information content (AvgIpc) is 3.33. The second-order valence-corrected chi connectivity index (χ2v) is 9.82. The fraction of sp³-hybridized carbons (Fsp3) is 0.480. The van der Waals surface area contributed by atoms with Crippen LogP contribution in [0.4, 0.5) is 4.39 Å². The number of ether oxygens (including phenoxy) is 1. The smallest absolute Gasteiger partial charge is 0.331 e. The van der Waals surface area contributed by atoms with Gasteiger partial charge in [0, 0.05) is 32.7 Å². The lowest BCUT2D eigenvalue weighted by Crippen LogP contribution is -2.42. The van der Waals surface area contributed by atoms with E-state index in [0.717, 1.165) is 32.1 Å². The van der Waals surface area contributed by atoms with Gasteiger partial charge in [0.2, 0.25) is 5.91 Å². The molecule has 0 aliphatic heterocycles. The van der Waals surface area contributed by atoms with E-state index in [4.69, 9.17) is 4.74 Å². The van der Waals surface area contributed by atoms with Crippen molar-refractivity contribution in [2.45, 2.75) is 45.2 Å². The second kappa shape index (κ2) is 11.1. The molecule has 0 spiro atoms. The normalized spacial score (nSPS) is 18.3. The molecule has 1 aliphatic rings. The number of nitrogens with zero attached hydrogens (tertiary/aromatic N) is 2. The summed E-state index contributed by atoms with van der Waals surface area (Å²) in [6.45, 7) is 1.75. The molecule has 2 aromatic heterocycles. The number of benzene rings is 1. The first-order chi connectivity index (χ1) is 16.5. The van der Waals surface area contributed by atoms with Crippen molar-refractivity contribution in [2.75, 3.05) is 20.3 Å². The molecule has 1 amide bonds. The van der Waals surface area contributed by atoms with Gasteiger partial charge < -0.3 is 10.1 Å². The molecule has 0 radical (unpaired) electrons. The van der Waals surface area contributed by atoms with E-state index in [1.54, 1.807) is 35.3 Å². The van der Waals surface area contributed by atoms with Gasteiger partial charge in [-0.2, -0.15) is 0 Å². The van der Waals surface area contributed by atoms with Crippen LogP contribution in [0.2, 0.25) is 0 Å². The van der Waals surface area contributed by atoms with Gasteiger partial charge in [0.15, 0.2) is 0 Å². The first-order valence-corrected chi connectivity index (χ1v) is 12.6. The maximum absolute atomic E-state index is 13.7. The summed E-state index contributed by atoms with van der Waals surface area (Å²) in [4.78, 5) is 38.9. The molecule has 9 heteroatoms. The minimum Gasteiger partial charge on any atom is -0.385 e. The number of hydrogen-bond acceptors (Lipinski definition) is 5. The Balaban J connectivity index is 1.48. The Bertz CT molecular complexity index is 1260. The lowest BCUT2D eigenvalue weighted by Gasteiger charge is -2.28. The quantitative estimate of drug-likeness (QED) is 0.469. The van der Waals surface area contributed by atoms with Gasteiger partial charge in [0.25, 0.3) is 5.56 Å². The number of halogens is 1. The zero-order chi connectivity index (χ0) is 24.1. The Morgan fingerprint density at radius 3 is 2.71 bits per heavy atom. The van der Waals surface area contributed by atoms with Crippen LogP contribution in [0, 0.1) is 17.7 Å². The van der Waals surface area contributed by atoms with Crippen molar-refractivity contribution in [3.8, 4) is 0 Å². The highest BCUT2D eigenvalue weighted by atomic mass is 32.1. The molecule has 3 aromatic rings. The van der Waals surface area contributed by atoms with Crippen molar-refractivity contribution in [1.82, 2.24) is 14.5 Å². The molecule has 4 rings (SSSR count). The van der Waals surface area contributed by atoms with Crippen LogP contribution >= 0.6 is 11.3 Å². The van der Waals surface area contributed by atoms with Gasteiger partial charge in [-0.05, 0) is 67.2 Å². The number of carbonyl (C=O) groups is 1. The van der Waals surface area contributed by atoms with Crippen molar-refractivity contribution in [3.05, 3.63) is 67.9 Å². The van der Waals surface area contributed by atoms with Crippen LogP contribution in [0.15, 0.2) is 45.3 Å². The van der Waals surface area contributed by atoms with Crippen molar-refractivity contribution < 1.29 is 13.9 Å². The van der Waals surface area contributed by atoms with Crippen LogP contribution < -0.4 is 16.6 Å². The number of thiophene rings is 1. The highest BCUT2D eigenvalue weighted by Crippen LogP contribution is 2.30. The number of amides is 1. The van der Waals surface area contributed by atoms with Crippen LogP contribution in [-0.2, 0) is 22.6 Å². The van der Waals surface area contributed by atoms with Crippen molar-refractivity contribution >= 4 is 27.5 Å². The van der Waals surface area contributed by atoms with Crippen LogP contribution in [0.25, 0.3) is 10.2 Å². The predicted molar refractivity (Wildman–Crippen MR) is 131 cm³/mol. The van der Waals surface area contributed by atoms with Gasteiger partial charge in [0.05, 0.1) is 12.1 Å². The average molecular weight is 488 g/mol. The summed E-state index contributed by atoms with van der Waals surface area (Å²) in [5.74, 6) is -0.160. The molecule has 1 saturated carbocycles. The molecule has 2 heterocycles. The topological polar surface area (TPSA) is 82.3 Å². The van der Waals surface area contributed by atoms with Crippen molar-refractivity contribution in [3.63, 3.8) is 0 Å². The highest BCUT2D eigenvalue weighted by Gasteiger charge is 2.27. The Kier molecular flexibility index (Phi) is 7.95. The number of aromatic nitrogens is 2. The van der Waals surface area contributed by atoms with Crippen molar-refractivity contribution in [1.29, 1.82) is 0 Å². The SMILES string of the molecule is COCCCNC(=O)C1CCC(Cn2c(=O)c3sccc3n(Cc3cccc(F)c3)c2=O)CC1. The largest absolute Gasteiger partial charge is 0.385 e. The van der Waals surface area contributed by atoms with Gasteiger partial charge in [0.1, 0.15) is 10.5 Å². The third-order valence-electron chi connectivity index (χ3n) is 6.55. The number of nitrogens with one attached hydrogen (secondary N) is 1. The fourth-order valence-electron chi connectivity index (χ4n) is 4.70. The third kappa shape index (κ3) is 5.47. The van der Waals surface area contributed by atoms with Gasteiger partial charge in [-0.15, -0.1) is 11.3 Å². The zero-order valence-electron chi connectivity index (χ0n) is 19.3. The Morgan fingerprint density at radius 2 is 1.97 bits per heavy atom. The molecule has 0 saturated heterocycles. The molecule has 0 unspecified atom stereocenters. The summed E-state index contributed by atoms with van der Waals surface area (Å²) in [6, 6.07) is 7.92. The molecule has 1 fully saturated rings. The molecule has 7 nitrogen and oxygen atoms in total. The van der Waals surface area contributed by atoms with E-state index < -0.39 is 0 Å². The highest BCUT2D eigenvalue weighted by molar-refractivity contribution is 7.17. The van der Waals surface area contributed by atoms with Gasteiger partial charge in [-0.25, -0.2) is 9.18 Å². The van der Waals surface area contributed by atoms with E-state index in [9.17, 15) is 18.8 Å². The Hall–Kier alpha value is -2.78. The van der Waals surface area contributed by atoms with Gasteiger partial charge >= 0.3 is 5.69 Å². The number of methoxy groups -OCH3 is 1. The van der Waals surface area contributed by atoms with E-state index in [-0.39, 0.29) is 41.4 Å². The van der Waals surface area contributed by atoms with E-state index in [2.05, 4.69) is 5.32 Å². The monoisotopic (exact) mass is 487 g/mol. The summed E-state index contributed by atoms with van der Waals surface area (Å²) in [7, 11) is 1.64. The molecule has 182 valence electrons. The lowest BCUT2D eigenvalue weighted by molar-refractivity contribution is -0.126. The Labute approximate surface area is 201 Å². The minimum absolute atomic E-state index is 0.0278. The summed E-state index contributed by atoms with van der Waals surface area (Å²) >= 11 is 1.31. The standard InChI is InChI=1S/C25H30FN3O4S/c1-33-12-3-11-27-23(30)19-8-6-17(7-9-19)15-29-24(31)22-21(10-13-34-22)28(25(29)32)16-18-4-2-5-20(26)14-18/h2,4-5,10,13-14,17,19H,3,6-9,11-12,15-16H2,1H3,(H,27,30). The summed E-state index contributed by atoms with van der Waals surface area (Å²) in [6.07, 6.45) is 3.85. The van der Waals surface area contributed by atoms with E-state index in [1.807, 2.05) is 0 Å². The summed E-state index contributed by atoms with van der Waals surface area (Å²) < 4.78 is 22.1. The molecular formula is C25H30FN3O4S. The number of fused-ring (bicyclic) bond motifs is 1. The molecule has 34 heavy (non-hydrogen) atoms. The lowest BCUT2D eigenvalue weighted by atomic mass is 9.81. The number of rotatable bonds is 9. The maximum atomic E-state index is 13.7. The van der Waals surface area contributed by atoms with Crippen LogP contribution in [-0.4, -0.2) is 35.3 Å². The first kappa shape index (κ1) is 24.3. The van der Waals surface area contributed by atoms with Crippen LogP contribution in [0.3, 0.4) is 0 Å². The molecule has 1 N–H and O–H groups in total. The maximum Gasteiger partial charge on any atom is 0.331 e. The number of carbonyl (C=O) groups excluding carboxylic acids is 1. The van der Waals surface area contributed by atoms with Crippen LogP contribution in [0.5, 0.6) is 0 Å². The third-order valence-corrected chi connectivity index (χ3v) is 7.44. The van der Waals surface area contributed by atoms with Crippen molar-refractivity contribution in [2.24, 2.45) is 11.8 Å². The Morgan fingerprint density at radius 1 is 1.18 bits per heavy atom. The molecule has 0 bridgehead atoms. The van der Waals surface area contributed by atoms with Crippen LogP contribution in [0.1, 0.15) is 37.7 Å².